The van der Waals surface area contributed by atoms with Gasteiger partial charge in [-0.25, -0.2) is 23.2 Å². The fourth-order valence-electron chi connectivity index (χ4n) is 7.25. The number of carbonyl (C=O) groups excluding carboxylic acids is 2. The predicted octanol–water partition coefficient (Wildman–Crippen LogP) is 8.06. The van der Waals surface area contributed by atoms with E-state index < -0.39 is 65.2 Å². The van der Waals surface area contributed by atoms with E-state index in [-0.39, 0.29) is 41.4 Å². The molecule has 1 unspecified atom stereocenters. The van der Waals surface area contributed by atoms with Crippen LogP contribution in [0, 0.1) is 16.7 Å². The fourth-order valence-corrected chi connectivity index (χ4v) is 7.44. The van der Waals surface area contributed by atoms with E-state index in [1.165, 1.54) is 18.2 Å². The summed E-state index contributed by atoms with van der Waals surface area (Å²) in [5, 5.41) is 22.9. The number of alkyl carbamates (subject to hydrolysis) is 1. The SMILES string of the molecule is CC(C)(C)C[C@]1(c2ccc(-c3ccn(C4CC4)n3)cc2)NC(=N)C([C@H](COC(=O)NC2(C(F)(F)F)CC2)c2ccc(Cl)c(-n3ncnc3C(F)F)c2)C1=O. The number of amidine groups is 1. The molecule has 2 aromatic carbocycles. The molecule has 3 aliphatic rings. The van der Waals surface area contributed by atoms with Gasteiger partial charge < -0.3 is 15.4 Å². The molecular weight excluding hydrogens is 735 g/mol. The highest BCUT2D eigenvalue weighted by molar-refractivity contribution is 6.32. The van der Waals surface area contributed by atoms with E-state index in [9.17, 15) is 32.2 Å². The van der Waals surface area contributed by atoms with Gasteiger partial charge in [-0.15, -0.1) is 0 Å². The second kappa shape index (κ2) is 13.5. The second-order valence-corrected chi connectivity index (χ2v) is 15.9. The van der Waals surface area contributed by atoms with Crippen LogP contribution in [-0.4, -0.2) is 60.6 Å². The number of amides is 1. The maximum Gasteiger partial charge on any atom is 0.411 e. The molecule has 0 radical (unpaired) electrons. The van der Waals surface area contributed by atoms with Crippen molar-refractivity contribution in [2.45, 2.75) is 88.5 Å². The maximum absolute atomic E-state index is 15.0. The molecule has 286 valence electrons. The molecule has 1 amide bonds. The van der Waals surface area contributed by atoms with Gasteiger partial charge in [0.05, 0.1) is 28.4 Å². The lowest BCUT2D eigenvalue weighted by Gasteiger charge is -2.35. The first kappa shape index (κ1) is 37.5. The number of rotatable bonds is 11. The Morgan fingerprint density at radius 3 is 2.43 bits per heavy atom. The number of halogens is 6. The number of alkyl halides is 5. The first-order chi connectivity index (χ1) is 25.4. The molecule has 7 rings (SSSR count). The Hall–Kier alpha value is -4.86. The predicted molar refractivity (Wildman–Crippen MR) is 188 cm³/mol. The molecule has 3 heterocycles. The lowest BCUT2D eigenvalue weighted by atomic mass is 9.71. The first-order valence-corrected chi connectivity index (χ1v) is 17.9. The average Bonchev–Trinajstić information content (AvgIpc) is 3.97. The van der Waals surface area contributed by atoms with Gasteiger partial charge in [0.15, 0.2) is 11.6 Å². The van der Waals surface area contributed by atoms with Crippen LogP contribution in [-0.2, 0) is 15.1 Å². The lowest BCUT2D eigenvalue weighted by Crippen LogP contribution is -2.48. The van der Waals surface area contributed by atoms with Crippen molar-refractivity contribution in [1.82, 2.24) is 35.2 Å². The van der Waals surface area contributed by atoms with Crippen molar-refractivity contribution in [2.24, 2.45) is 11.3 Å². The summed E-state index contributed by atoms with van der Waals surface area (Å²) in [5.74, 6) is -3.86. The number of Topliss-reactive ketones (excluding diaryl/α,β-unsaturated/α-hetero) is 1. The molecule has 17 heteroatoms. The number of ketones is 1. The minimum atomic E-state index is -4.70. The zero-order valence-electron chi connectivity index (χ0n) is 29.6. The number of hydrogen-bond acceptors (Lipinski definition) is 7. The number of aromatic nitrogens is 5. The highest BCUT2D eigenvalue weighted by Gasteiger charge is 2.65. The topological polar surface area (TPSA) is 140 Å². The van der Waals surface area contributed by atoms with Gasteiger partial charge in [0.25, 0.3) is 6.43 Å². The molecule has 1 saturated heterocycles. The van der Waals surface area contributed by atoms with Crippen LogP contribution in [0.2, 0.25) is 5.02 Å². The summed E-state index contributed by atoms with van der Waals surface area (Å²) in [5.41, 5.74) is -1.95. The lowest BCUT2D eigenvalue weighted by molar-refractivity contribution is -0.164. The Labute approximate surface area is 312 Å². The molecule has 11 nitrogen and oxygen atoms in total. The smallest absolute Gasteiger partial charge is 0.411 e. The van der Waals surface area contributed by atoms with Gasteiger partial charge in [0.2, 0.25) is 0 Å². The van der Waals surface area contributed by atoms with E-state index >= 15 is 4.79 Å². The molecule has 4 aromatic rings. The first-order valence-electron chi connectivity index (χ1n) is 17.5. The molecule has 2 aromatic heterocycles. The molecule has 3 atom stereocenters. The maximum atomic E-state index is 15.0. The summed E-state index contributed by atoms with van der Waals surface area (Å²) in [4.78, 5) is 31.5. The van der Waals surface area contributed by atoms with Crippen molar-refractivity contribution in [3.8, 4) is 16.9 Å². The van der Waals surface area contributed by atoms with Gasteiger partial charge in [0, 0.05) is 17.7 Å². The number of nitrogens with zero attached hydrogens (tertiary/aromatic N) is 5. The van der Waals surface area contributed by atoms with Gasteiger partial charge in [0.1, 0.15) is 29.8 Å². The fraction of sp³-hybridized carbons (Fsp3) is 0.459. The van der Waals surface area contributed by atoms with Crippen molar-refractivity contribution >= 4 is 29.3 Å². The molecule has 0 spiro atoms. The number of benzene rings is 2. The van der Waals surface area contributed by atoms with Gasteiger partial charge in [-0.05, 0) is 66.8 Å². The summed E-state index contributed by atoms with van der Waals surface area (Å²) in [6.07, 6.45) is -4.46. The number of ether oxygens (including phenoxy) is 1. The van der Waals surface area contributed by atoms with Crippen molar-refractivity contribution in [3.05, 3.63) is 83.0 Å². The summed E-state index contributed by atoms with van der Waals surface area (Å²) >= 11 is 6.45. The summed E-state index contributed by atoms with van der Waals surface area (Å²) in [7, 11) is 0. The molecule has 3 N–H and O–H groups in total. The van der Waals surface area contributed by atoms with Gasteiger partial charge >= 0.3 is 12.3 Å². The zero-order chi connectivity index (χ0) is 38.8. The molecule has 2 aliphatic carbocycles. The normalized spacial score (nSPS) is 21.6. The summed E-state index contributed by atoms with van der Waals surface area (Å²) < 4.78 is 76.9. The van der Waals surface area contributed by atoms with E-state index in [0.717, 1.165) is 35.1 Å². The third kappa shape index (κ3) is 7.07. The van der Waals surface area contributed by atoms with Crippen molar-refractivity contribution in [2.75, 3.05) is 6.61 Å². The molecule has 1 aliphatic heterocycles. The van der Waals surface area contributed by atoms with E-state index in [1.54, 1.807) is 12.1 Å². The molecule has 54 heavy (non-hydrogen) atoms. The molecule has 2 saturated carbocycles. The zero-order valence-corrected chi connectivity index (χ0v) is 30.3. The van der Waals surface area contributed by atoms with Crippen LogP contribution in [0.4, 0.5) is 26.7 Å². The Balaban J connectivity index is 1.26. The van der Waals surface area contributed by atoms with E-state index in [0.29, 0.717) is 11.6 Å². The van der Waals surface area contributed by atoms with E-state index in [4.69, 9.17) is 21.4 Å². The molecule has 3 fully saturated rings. The van der Waals surface area contributed by atoms with Crippen LogP contribution in [0.1, 0.15) is 88.2 Å². The highest BCUT2D eigenvalue weighted by atomic mass is 35.5. The van der Waals surface area contributed by atoms with E-state index in [2.05, 4.69) is 15.4 Å². The third-order valence-electron chi connectivity index (χ3n) is 10.2. The molecular formula is C37H38ClF5N8O3. The van der Waals surface area contributed by atoms with Crippen LogP contribution in [0.15, 0.2) is 61.1 Å². The third-order valence-corrected chi connectivity index (χ3v) is 10.5. The summed E-state index contributed by atoms with van der Waals surface area (Å²) in [6.45, 7) is 5.20. The Kier molecular flexibility index (Phi) is 9.34. The number of carbonyl (C=O) groups is 2. The van der Waals surface area contributed by atoms with Gasteiger partial charge in [-0.1, -0.05) is 62.7 Å². The number of hydrogen-bond donors (Lipinski definition) is 3. The quantitative estimate of drug-likeness (QED) is 0.131. The van der Waals surface area contributed by atoms with Crippen LogP contribution in [0.25, 0.3) is 16.9 Å². The Morgan fingerprint density at radius 1 is 1.11 bits per heavy atom. The largest absolute Gasteiger partial charge is 0.449 e. The Morgan fingerprint density at radius 2 is 1.81 bits per heavy atom. The van der Waals surface area contributed by atoms with Crippen LogP contribution < -0.4 is 10.6 Å². The van der Waals surface area contributed by atoms with Crippen molar-refractivity contribution in [1.29, 1.82) is 5.41 Å². The van der Waals surface area contributed by atoms with Gasteiger partial charge in [-0.2, -0.15) is 23.4 Å². The van der Waals surface area contributed by atoms with Crippen molar-refractivity contribution in [3.63, 3.8) is 0 Å². The van der Waals surface area contributed by atoms with Gasteiger partial charge in [-0.3, -0.25) is 14.9 Å². The van der Waals surface area contributed by atoms with Crippen molar-refractivity contribution < 1.29 is 36.3 Å². The van der Waals surface area contributed by atoms with Crippen LogP contribution in [0.5, 0.6) is 0 Å². The minimum absolute atomic E-state index is 0.000466. The van der Waals surface area contributed by atoms with E-state index in [1.807, 2.05) is 55.2 Å². The highest BCUT2D eigenvalue weighted by Crippen LogP contribution is 2.49. The standard InChI is InChI=1S/C37H38ClF5N8O3/c1-34(2,3)18-36(22-7-4-20(5-8-22)26-12-15-50(49-26)23-9-10-23)29(52)28(31(44)47-36)24(17-54-33(53)48-35(13-14-35)37(41,42)43)21-6-11-25(38)27(16-21)51-32(30(39)40)45-19-46-51/h4-8,11-12,15-16,19,23-24,28,30H,9-10,13-14,17-18H2,1-3H3,(H2,44,47)(H,48,53)/t24-,28?,36-/m1/s1. The Bertz CT molecular complexity index is 2090. The summed E-state index contributed by atoms with van der Waals surface area (Å²) in [6, 6.07) is 13.9. The second-order valence-electron chi connectivity index (χ2n) is 15.5. The molecule has 0 bridgehead atoms. The van der Waals surface area contributed by atoms with Crippen LogP contribution >= 0.6 is 11.6 Å². The monoisotopic (exact) mass is 772 g/mol. The number of nitrogens with one attached hydrogen (secondary N) is 3. The minimum Gasteiger partial charge on any atom is -0.449 e. The average molecular weight is 773 g/mol. The van der Waals surface area contributed by atoms with Crippen LogP contribution in [0.3, 0.4) is 0 Å².